The molecule has 1 atom stereocenters. The van der Waals surface area contributed by atoms with Crippen LogP contribution in [-0.2, 0) is 0 Å². The minimum Gasteiger partial charge on any atom is -0.480 e. The van der Waals surface area contributed by atoms with Crippen molar-refractivity contribution >= 4 is 15.9 Å². The SMILES string of the molecule is COc1cnc(C(N)c2cccc(F)c2Br)c(OC)n1. The van der Waals surface area contributed by atoms with Crippen LogP contribution in [0.25, 0.3) is 0 Å². The molecule has 1 aromatic carbocycles. The predicted octanol–water partition coefficient (Wildman–Crippen LogP) is 2.44. The third kappa shape index (κ3) is 2.73. The largest absolute Gasteiger partial charge is 0.480 e. The zero-order chi connectivity index (χ0) is 14.7. The van der Waals surface area contributed by atoms with Crippen LogP contribution in [0, 0.1) is 5.82 Å². The van der Waals surface area contributed by atoms with Crippen molar-refractivity contribution < 1.29 is 13.9 Å². The average molecular weight is 342 g/mol. The fraction of sp³-hybridized carbons (Fsp3) is 0.231. The van der Waals surface area contributed by atoms with Gasteiger partial charge in [0.05, 0.1) is 30.9 Å². The number of ether oxygens (including phenoxy) is 2. The lowest BCUT2D eigenvalue weighted by molar-refractivity contribution is 0.355. The average Bonchev–Trinajstić information content (AvgIpc) is 2.48. The van der Waals surface area contributed by atoms with Crippen molar-refractivity contribution in [3.05, 3.63) is 45.9 Å². The topological polar surface area (TPSA) is 70.3 Å². The van der Waals surface area contributed by atoms with Crippen LogP contribution in [0.4, 0.5) is 4.39 Å². The first-order valence-electron chi connectivity index (χ1n) is 5.73. The van der Waals surface area contributed by atoms with Crippen molar-refractivity contribution in [1.29, 1.82) is 0 Å². The van der Waals surface area contributed by atoms with Crippen LogP contribution in [0.2, 0.25) is 0 Å². The first kappa shape index (κ1) is 14.7. The maximum Gasteiger partial charge on any atom is 0.240 e. The number of halogens is 2. The van der Waals surface area contributed by atoms with Crippen molar-refractivity contribution in [2.45, 2.75) is 6.04 Å². The van der Waals surface area contributed by atoms with Gasteiger partial charge in [-0.15, -0.1) is 0 Å². The minimum atomic E-state index is -0.673. The number of nitrogens with zero attached hydrogens (tertiary/aromatic N) is 2. The molecule has 0 aliphatic rings. The summed E-state index contributed by atoms with van der Waals surface area (Å²) in [7, 11) is 2.94. The van der Waals surface area contributed by atoms with E-state index in [1.54, 1.807) is 12.1 Å². The van der Waals surface area contributed by atoms with E-state index in [-0.39, 0.29) is 5.88 Å². The Morgan fingerprint density at radius 1 is 1.30 bits per heavy atom. The number of methoxy groups -OCH3 is 2. The number of aromatic nitrogens is 2. The lowest BCUT2D eigenvalue weighted by Crippen LogP contribution is -2.16. The Morgan fingerprint density at radius 3 is 2.70 bits per heavy atom. The quantitative estimate of drug-likeness (QED) is 0.924. The third-order valence-corrected chi connectivity index (χ3v) is 3.60. The molecule has 20 heavy (non-hydrogen) atoms. The summed E-state index contributed by atoms with van der Waals surface area (Å²) >= 11 is 3.18. The Bertz CT molecular complexity index is 625. The van der Waals surface area contributed by atoms with Crippen molar-refractivity contribution in [3.63, 3.8) is 0 Å². The molecule has 1 aromatic heterocycles. The minimum absolute atomic E-state index is 0.244. The number of rotatable bonds is 4. The first-order valence-corrected chi connectivity index (χ1v) is 6.52. The number of hydrogen-bond donors (Lipinski definition) is 1. The van der Waals surface area contributed by atoms with E-state index in [4.69, 9.17) is 15.2 Å². The second-order valence-electron chi connectivity index (χ2n) is 3.93. The molecule has 0 saturated heterocycles. The Morgan fingerprint density at radius 2 is 2.05 bits per heavy atom. The monoisotopic (exact) mass is 341 g/mol. The zero-order valence-corrected chi connectivity index (χ0v) is 12.5. The third-order valence-electron chi connectivity index (χ3n) is 2.76. The van der Waals surface area contributed by atoms with E-state index in [0.717, 1.165) is 0 Å². The summed E-state index contributed by atoms with van der Waals surface area (Å²) in [5, 5.41) is 0. The number of nitrogens with two attached hydrogens (primary N) is 1. The van der Waals surface area contributed by atoms with Crippen LogP contribution >= 0.6 is 15.9 Å². The Kier molecular flexibility index (Phi) is 4.51. The molecule has 0 amide bonds. The van der Waals surface area contributed by atoms with E-state index < -0.39 is 11.9 Å². The van der Waals surface area contributed by atoms with E-state index >= 15 is 0 Å². The zero-order valence-electron chi connectivity index (χ0n) is 10.9. The van der Waals surface area contributed by atoms with Gasteiger partial charge >= 0.3 is 0 Å². The van der Waals surface area contributed by atoms with Gasteiger partial charge in [-0.1, -0.05) is 12.1 Å². The lowest BCUT2D eigenvalue weighted by Gasteiger charge is -2.16. The summed E-state index contributed by atoms with van der Waals surface area (Å²) in [6, 6.07) is 3.97. The van der Waals surface area contributed by atoms with Gasteiger partial charge in [-0.05, 0) is 27.6 Å². The second kappa shape index (κ2) is 6.15. The molecule has 0 radical (unpaired) electrons. The highest BCUT2D eigenvalue weighted by atomic mass is 79.9. The summed E-state index contributed by atoms with van der Waals surface area (Å²) in [5.74, 6) is 0.169. The summed E-state index contributed by atoms with van der Waals surface area (Å²) in [6.07, 6.45) is 1.44. The van der Waals surface area contributed by atoms with Crippen LogP contribution in [-0.4, -0.2) is 24.2 Å². The molecule has 0 spiro atoms. The highest BCUT2D eigenvalue weighted by molar-refractivity contribution is 9.10. The Labute approximate surface area is 124 Å². The van der Waals surface area contributed by atoms with Gasteiger partial charge in [0.25, 0.3) is 0 Å². The predicted molar refractivity (Wildman–Crippen MR) is 75.3 cm³/mol. The highest BCUT2D eigenvalue weighted by Crippen LogP contribution is 2.31. The van der Waals surface area contributed by atoms with Crippen molar-refractivity contribution in [2.75, 3.05) is 14.2 Å². The molecule has 0 aliphatic heterocycles. The van der Waals surface area contributed by atoms with E-state index in [1.807, 2.05) is 0 Å². The van der Waals surface area contributed by atoms with Gasteiger partial charge in [0, 0.05) is 0 Å². The van der Waals surface area contributed by atoms with Crippen molar-refractivity contribution in [1.82, 2.24) is 9.97 Å². The molecule has 1 heterocycles. The van der Waals surface area contributed by atoms with Crippen LogP contribution in [0.3, 0.4) is 0 Å². The maximum absolute atomic E-state index is 13.6. The molecule has 106 valence electrons. The van der Waals surface area contributed by atoms with Crippen molar-refractivity contribution in [3.8, 4) is 11.8 Å². The summed E-state index contributed by atoms with van der Waals surface area (Å²) in [6.45, 7) is 0. The number of benzene rings is 1. The van der Waals surface area contributed by atoms with Gasteiger partial charge in [-0.3, -0.25) is 0 Å². The van der Waals surface area contributed by atoms with Crippen LogP contribution in [0.5, 0.6) is 11.8 Å². The number of hydrogen-bond acceptors (Lipinski definition) is 5. The second-order valence-corrected chi connectivity index (χ2v) is 4.72. The molecule has 2 N–H and O–H groups in total. The smallest absolute Gasteiger partial charge is 0.240 e. The van der Waals surface area contributed by atoms with Gasteiger partial charge in [0.1, 0.15) is 11.5 Å². The highest BCUT2D eigenvalue weighted by Gasteiger charge is 2.21. The van der Waals surface area contributed by atoms with Crippen LogP contribution in [0.15, 0.2) is 28.9 Å². The lowest BCUT2D eigenvalue weighted by atomic mass is 10.0. The molecule has 7 heteroatoms. The van der Waals surface area contributed by atoms with E-state index in [2.05, 4.69) is 25.9 Å². The van der Waals surface area contributed by atoms with Gasteiger partial charge < -0.3 is 15.2 Å². The van der Waals surface area contributed by atoms with Crippen LogP contribution in [0.1, 0.15) is 17.3 Å². The summed E-state index contributed by atoms with van der Waals surface area (Å²) in [5.41, 5.74) is 7.09. The van der Waals surface area contributed by atoms with E-state index in [1.165, 1.54) is 26.5 Å². The maximum atomic E-state index is 13.6. The van der Waals surface area contributed by atoms with Crippen molar-refractivity contribution in [2.24, 2.45) is 5.73 Å². The van der Waals surface area contributed by atoms with Gasteiger partial charge in [-0.2, -0.15) is 4.98 Å². The molecule has 5 nitrogen and oxygen atoms in total. The molecule has 2 aromatic rings. The molecule has 0 fully saturated rings. The van der Waals surface area contributed by atoms with E-state index in [9.17, 15) is 4.39 Å². The molecule has 2 rings (SSSR count). The molecular weight excluding hydrogens is 329 g/mol. The van der Waals surface area contributed by atoms with Gasteiger partial charge in [-0.25, -0.2) is 9.37 Å². The Balaban J connectivity index is 2.47. The normalized spacial score (nSPS) is 12.1. The summed E-state index contributed by atoms with van der Waals surface area (Å²) in [4.78, 5) is 8.30. The van der Waals surface area contributed by atoms with Gasteiger partial charge in [0.2, 0.25) is 11.8 Å². The molecular formula is C13H13BrFN3O2. The fourth-order valence-corrected chi connectivity index (χ4v) is 2.25. The molecule has 0 bridgehead atoms. The van der Waals surface area contributed by atoms with Gasteiger partial charge in [0.15, 0.2) is 0 Å². The van der Waals surface area contributed by atoms with E-state index in [0.29, 0.717) is 21.6 Å². The molecule has 1 unspecified atom stereocenters. The summed E-state index contributed by atoms with van der Waals surface area (Å²) < 4.78 is 24.0. The Hall–Kier alpha value is -1.73. The first-order chi connectivity index (χ1) is 9.58. The molecule has 0 saturated carbocycles. The molecule has 0 aliphatic carbocycles. The van der Waals surface area contributed by atoms with Crippen LogP contribution < -0.4 is 15.2 Å². The standard InChI is InChI=1S/C13H13BrFN3O2/c1-19-9-6-17-12(13(18-9)20-2)11(16)7-4-3-5-8(15)10(7)14/h3-6,11H,16H2,1-2H3. The fourth-order valence-electron chi connectivity index (χ4n) is 1.74.